The van der Waals surface area contributed by atoms with E-state index in [9.17, 15) is 31.1 Å². The number of alkyl halides is 7. The van der Waals surface area contributed by atoms with Gasteiger partial charge in [0.15, 0.2) is 0 Å². The lowest BCUT2D eigenvalue weighted by molar-refractivity contribution is -0.161. The van der Waals surface area contributed by atoms with Crippen LogP contribution in [0.15, 0.2) is 78.9 Å². The molecule has 46 heavy (non-hydrogen) atoms. The minimum atomic E-state index is -4.98. The van der Waals surface area contributed by atoms with Crippen LogP contribution in [0.3, 0.4) is 0 Å². The SMILES string of the molecule is CC(C)(C)OC(=O)C1CC2(c3ccccc3)C(O[C@@H](CI)c3cc(C(F)(F)F)cc(C(F)(F)F)c3)CCC1N2Cc1ccccc1. The van der Waals surface area contributed by atoms with E-state index in [4.69, 9.17) is 9.47 Å². The second kappa shape index (κ2) is 13.1. The van der Waals surface area contributed by atoms with Crippen molar-refractivity contribution in [3.63, 3.8) is 0 Å². The molecule has 3 aromatic rings. The van der Waals surface area contributed by atoms with Gasteiger partial charge in [0.2, 0.25) is 0 Å². The number of fused-ring (bicyclic) bond motifs is 2. The Morgan fingerprint density at radius 1 is 0.891 bits per heavy atom. The molecular weight excluding hydrogens is 723 g/mol. The first kappa shape index (κ1) is 34.7. The third-order valence-corrected chi connectivity index (χ3v) is 9.60. The molecule has 2 fully saturated rings. The van der Waals surface area contributed by atoms with E-state index in [2.05, 4.69) is 4.90 Å². The maximum absolute atomic E-state index is 13.8. The average molecular weight is 760 g/mol. The lowest BCUT2D eigenvalue weighted by atomic mass is 9.78. The van der Waals surface area contributed by atoms with Crippen LogP contribution in [-0.4, -0.2) is 33.0 Å². The maximum atomic E-state index is 13.8. The monoisotopic (exact) mass is 759 g/mol. The number of carbonyl (C=O) groups is 1. The molecule has 4 unspecified atom stereocenters. The molecule has 0 amide bonds. The molecule has 0 saturated carbocycles. The van der Waals surface area contributed by atoms with Crippen molar-refractivity contribution in [2.24, 2.45) is 5.92 Å². The third-order valence-electron chi connectivity index (χ3n) is 8.80. The van der Waals surface area contributed by atoms with Crippen molar-refractivity contribution >= 4 is 28.6 Å². The summed E-state index contributed by atoms with van der Waals surface area (Å²) in [5.74, 6) is -0.868. The van der Waals surface area contributed by atoms with E-state index in [1.807, 2.05) is 104 Å². The van der Waals surface area contributed by atoms with E-state index in [1.54, 1.807) is 0 Å². The van der Waals surface area contributed by atoms with Crippen LogP contribution in [0.1, 0.15) is 74.0 Å². The fourth-order valence-electron chi connectivity index (χ4n) is 6.94. The second-order valence-corrected chi connectivity index (χ2v) is 13.9. The van der Waals surface area contributed by atoms with E-state index in [0.717, 1.165) is 23.3 Å². The maximum Gasteiger partial charge on any atom is 0.416 e. The van der Waals surface area contributed by atoms with Gasteiger partial charge in [-0.15, -0.1) is 0 Å². The third kappa shape index (κ3) is 7.26. The molecule has 2 saturated heterocycles. The normalized spacial score (nSPS) is 24.5. The highest BCUT2D eigenvalue weighted by molar-refractivity contribution is 14.1. The summed E-state index contributed by atoms with van der Waals surface area (Å²) < 4.78 is 95.5. The van der Waals surface area contributed by atoms with Crippen LogP contribution in [0.25, 0.3) is 0 Å². The van der Waals surface area contributed by atoms with Crippen molar-refractivity contribution in [3.8, 4) is 0 Å². The topological polar surface area (TPSA) is 38.8 Å². The fraction of sp³-hybridized carbons (Fsp3) is 0.457. The number of benzene rings is 3. The Kier molecular flexibility index (Phi) is 9.88. The zero-order valence-corrected chi connectivity index (χ0v) is 27.8. The fourth-order valence-corrected chi connectivity index (χ4v) is 7.65. The highest BCUT2D eigenvalue weighted by Gasteiger charge is 2.62. The minimum absolute atomic E-state index is 0.106. The molecule has 0 aliphatic carbocycles. The quantitative estimate of drug-likeness (QED) is 0.0994. The molecule has 4 nitrogen and oxygen atoms in total. The first-order valence-corrected chi connectivity index (χ1v) is 16.7. The summed E-state index contributed by atoms with van der Waals surface area (Å²) in [5.41, 5.74) is -2.74. The first-order chi connectivity index (χ1) is 21.5. The number of hydrogen-bond donors (Lipinski definition) is 0. The number of halogens is 7. The number of carbonyl (C=O) groups excluding carboxylic acids is 1. The van der Waals surface area contributed by atoms with Gasteiger partial charge in [0.1, 0.15) is 5.60 Å². The smallest absolute Gasteiger partial charge is 0.416 e. The Labute approximate surface area is 278 Å². The van der Waals surface area contributed by atoms with Gasteiger partial charge in [0.25, 0.3) is 0 Å². The van der Waals surface area contributed by atoms with Gasteiger partial charge in [-0.25, -0.2) is 0 Å². The summed E-state index contributed by atoms with van der Waals surface area (Å²) in [6.45, 7) is 5.88. The molecule has 0 N–H and O–H groups in total. The van der Waals surface area contributed by atoms with Crippen molar-refractivity contribution in [1.29, 1.82) is 0 Å². The Hall–Kier alpha value is -2.64. The summed E-state index contributed by atoms with van der Waals surface area (Å²) in [5, 5.41) is 0. The number of ether oxygens (including phenoxy) is 2. The standard InChI is InChI=1S/C35H36F6INO3/c1-32(2,3)46-31(44)27-19-33(24-12-8-5-9-13-24)30(15-14-28(27)43(33)21-22-10-6-4-7-11-22)45-29(20-42)23-16-25(34(36,37)38)18-26(17-23)35(39,40)41/h4-13,16-18,27-30H,14-15,19-21H2,1-3H3/t27?,28?,29-,30?,33?/m0/s1. The van der Waals surface area contributed by atoms with E-state index in [1.165, 1.54) is 0 Å². The van der Waals surface area contributed by atoms with Crippen LogP contribution < -0.4 is 0 Å². The number of nitrogens with zero attached hydrogens (tertiary/aromatic N) is 1. The zero-order chi connectivity index (χ0) is 33.5. The Bertz CT molecular complexity index is 1480. The second-order valence-electron chi connectivity index (χ2n) is 13.0. The molecule has 5 atom stereocenters. The predicted octanol–water partition coefficient (Wildman–Crippen LogP) is 9.51. The number of esters is 1. The van der Waals surface area contributed by atoms with Crippen LogP contribution in [0.2, 0.25) is 0 Å². The molecule has 0 radical (unpaired) electrons. The van der Waals surface area contributed by atoms with Gasteiger partial charge >= 0.3 is 18.3 Å². The number of hydrogen-bond acceptors (Lipinski definition) is 4. The van der Waals surface area contributed by atoms with E-state index >= 15 is 0 Å². The van der Waals surface area contributed by atoms with Gasteiger partial charge in [0.05, 0.1) is 34.8 Å². The molecule has 0 aromatic heterocycles. The minimum Gasteiger partial charge on any atom is -0.460 e. The molecule has 2 heterocycles. The summed E-state index contributed by atoms with van der Waals surface area (Å²) in [6, 6.07) is 20.7. The lowest BCUT2D eigenvalue weighted by Crippen LogP contribution is -2.57. The van der Waals surface area contributed by atoms with E-state index in [-0.39, 0.29) is 28.1 Å². The number of rotatable bonds is 8. The molecular formula is C35H36F6INO3. The van der Waals surface area contributed by atoms with Crippen molar-refractivity contribution < 1.29 is 40.6 Å². The van der Waals surface area contributed by atoms with E-state index < -0.39 is 52.7 Å². The highest BCUT2D eigenvalue weighted by Crippen LogP contribution is 2.56. The van der Waals surface area contributed by atoms with Crippen molar-refractivity contribution in [3.05, 3.63) is 107 Å². The largest absolute Gasteiger partial charge is 0.460 e. The summed E-state index contributed by atoms with van der Waals surface area (Å²) in [4.78, 5) is 16.0. The zero-order valence-electron chi connectivity index (χ0n) is 25.7. The van der Waals surface area contributed by atoms with Crippen LogP contribution in [0, 0.1) is 5.92 Å². The van der Waals surface area contributed by atoms with Crippen LogP contribution in [0.5, 0.6) is 0 Å². The molecule has 2 aliphatic rings. The average Bonchev–Trinajstić information content (AvgIpc) is 3.20. The van der Waals surface area contributed by atoms with Crippen LogP contribution >= 0.6 is 22.6 Å². The molecule has 2 bridgehead atoms. The van der Waals surface area contributed by atoms with Crippen LogP contribution in [0.4, 0.5) is 26.3 Å². The predicted molar refractivity (Wildman–Crippen MR) is 170 cm³/mol. The Morgan fingerprint density at radius 2 is 1.46 bits per heavy atom. The Balaban J connectivity index is 1.62. The number of piperidine rings is 1. The van der Waals surface area contributed by atoms with E-state index in [0.29, 0.717) is 25.8 Å². The van der Waals surface area contributed by atoms with Crippen LogP contribution in [-0.2, 0) is 38.7 Å². The van der Waals surface area contributed by atoms with Crippen molar-refractivity contribution in [2.45, 2.75) is 88.3 Å². The van der Waals surface area contributed by atoms with Crippen molar-refractivity contribution in [2.75, 3.05) is 4.43 Å². The van der Waals surface area contributed by atoms with Gasteiger partial charge < -0.3 is 9.47 Å². The van der Waals surface area contributed by atoms with Gasteiger partial charge in [-0.3, -0.25) is 9.69 Å². The molecule has 5 rings (SSSR count). The van der Waals surface area contributed by atoms with Gasteiger partial charge in [-0.1, -0.05) is 83.3 Å². The van der Waals surface area contributed by atoms with Crippen molar-refractivity contribution in [1.82, 2.24) is 4.90 Å². The van der Waals surface area contributed by atoms with Gasteiger partial charge in [-0.2, -0.15) is 26.3 Å². The lowest BCUT2D eigenvalue weighted by Gasteiger charge is -2.51. The first-order valence-electron chi connectivity index (χ1n) is 15.1. The molecule has 3 aromatic carbocycles. The molecule has 248 valence electrons. The molecule has 0 spiro atoms. The Morgan fingerprint density at radius 3 is 1.98 bits per heavy atom. The summed E-state index contributed by atoms with van der Waals surface area (Å²) >= 11 is 1.94. The molecule has 11 heteroatoms. The van der Waals surface area contributed by atoms with Gasteiger partial charge in [-0.05, 0) is 74.9 Å². The molecule has 2 aliphatic heterocycles. The summed E-state index contributed by atoms with van der Waals surface area (Å²) in [6.07, 6.45) is -10.4. The highest BCUT2D eigenvalue weighted by atomic mass is 127. The summed E-state index contributed by atoms with van der Waals surface area (Å²) in [7, 11) is 0. The van der Waals surface area contributed by atoms with Gasteiger partial charge in [0, 0.05) is 17.0 Å².